The number of furan rings is 1. The van der Waals surface area contributed by atoms with Gasteiger partial charge in [-0.1, -0.05) is 6.92 Å². The largest absolute Gasteiger partial charge is 0.469 e. The molecule has 1 aliphatic heterocycles. The van der Waals surface area contributed by atoms with Crippen LogP contribution in [0.1, 0.15) is 25.5 Å². The van der Waals surface area contributed by atoms with Crippen molar-refractivity contribution in [2.45, 2.75) is 26.2 Å². The summed E-state index contributed by atoms with van der Waals surface area (Å²) in [6.45, 7) is 6.47. The standard InChI is InChI=1S/C15H25N3O2/c1-2-7-16-15(18-11-13-6-10-19-12-13)17-8-5-14-4-3-9-20-14/h3-4,9,13H,2,5-8,10-12H2,1H3,(H2,16,17,18). The van der Waals surface area contributed by atoms with E-state index in [1.54, 1.807) is 6.26 Å². The van der Waals surface area contributed by atoms with Crippen LogP contribution >= 0.6 is 0 Å². The van der Waals surface area contributed by atoms with Crippen molar-refractivity contribution < 1.29 is 9.15 Å². The molecular weight excluding hydrogens is 254 g/mol. The lowest BCUT2D eigenvalue weighted by molar-refractivity contribution is 0.187. The highest BCUT2D eigenvalue weighted by Gasteiger charge is 2.15. The summed E-state index contributed by atoms with van der Waals surface area (Å²) in [7, 11) is 0. The molecule has 0 radical (unpaired) electrons. The van der Waals surface area contributed by atoms with Gasteiger partial charge in [0.15, 0.2) is 5.96 Å². The SMILES string of the molecule is CCCNC(=NCC1CCOC1)NCCc1ccco1. The highest BCUT2D eigenvalue weighted by atomic mass is 16.5. The van der Waals surface area contributed by atoms with E-state index in [0.717, 1.165) is 63.8 Å². The van der Waals surface area contributed by atoms with E-state index in [0.29, 0.717) is 5.92 Å². The Balaban J connectivity index is 1.74. The van der Waals surface area contributed by atoms with Crippen LogP contribution in [0.3, 0.4) is 0 Å². The Kier molecular flexibility index (Phi) is 6.44. The quantitative estimate of drug-likeness (QED) is 0.590. The zero-order valence-electron chi connectivity index (χ0n) is 12.2. The van der Waals surface area contributed by atoms with Gasteiger partial charge < -0.3 is 19.8 Å². The van der Waals surface area contributed by atoms with Crippen molar-refractivity contribution in [3.05, 3.63) is 24.2 Å². The zero-order chi connectivity index (χ0) is 14.0. The number of hydrogen-bond donors (Lipinski definition) is 2. The Bertz CT molecular complexity index is 384. The van der Waals surface area contributed by atoms with E-state index in [2.05, 4.69) is 22.5 Å². The fraction of sp³-hybridized carbons (Fsp3) is 0.667. The van der Waals surface area contributed by atoms with Gasteiger partial charge in [0, 0.05) is 38.6 Å². The molecule has 1 unspecified atom stereocenters. The van der Waals surface area contributed by atoms with Gasteiger partial charge in [-0.3, -0.25) is 4.99 Å². The summed E-state index contributed by atoms with van der Waals surface area (Å²) in [6.07, 6.45) is 4.79. The summed E-state index contributed by atoms with van der Waals surface area (Å²) in [6, 6.07) is 3.91. The number of guanidine groups is 1. The van der Waals surface area contributed by atoms with Gasteiger partial charge in [-0.15, -0.1) is 0 Å². The Morgan fingerprint density at radius 2 is 2.30 bits per heavy atom. The molecule has 1 aliphatic rings. The van der Waals surface area contributed by atoms with Crippen LogP contribution in [0.25, 0.3) is 0 Å². The summed E-state index contributed by atoms with van der Waals surface area (Å²) in [4.78, 5) is 4.65. The number of hydrogen-bond acceptors (Lipinski definition) is 3. The minimum atomic E-state index is 0.570. The van der Waals surface area contributed by atoms with Crippen molar-refractivity contribution in [2.24, 2.45) is 10.9 Å². The normalized spacial score (nSPS) is 19.2. The second-order valence-corrected chi connectivity index (χ2v) is 5.10. The van der Waals surface area contributed by atoms with E-state index in [-0.39, 0.29) is 0 Å². The van der Waals surface area contributed by atoms with Crippen LogP contribution in [0, 0.1) is 5.92 Å². The third-order valence-corrected chi connectivity index (χ3v) is 3.32. The Hall–Kier alpha value is -1.49. The number of aliphatic imine (C=N–C) groups is 1. The Morgan fingerprint density at radius 1 is 1.40 bits per heavy atom. The maximum Gasteiger partial charge on any atom is 0.191 e. The molecule has 1 aromatic rings. The molecular formula is C15H25N3O2. The zero-order valence-corrected chi connectivity index (χ0v) is 12.2. The predicted octanol–water partition coefficient (Wildman–Crippen LogP) is 1.80. The topological polar surface area (TPSA) is 58.8 Å². The summed E-state index contributed by atoms with van der Waals surface area (Å²) in [5.41, 5.74) is 0. The fourth-order valence-electron chi connectivity index (χ4n) is 2.12. The molecule has 2 rings (SSSR count). The summed E-state index contributed by atoms with van der Waals surface area (Å²) in [5, 5.41) is 6.70. The van der Waals surface area contributed by atoms with Crippen molar-refractivity contribution in [3.8, 4) is 0 Å². The lowest BCUT2D eigenvalue weighted by atomic mass is 10.1. The second kappa shape index (κ2) is 8.64. The molecule has 0 bridgehead atoms. The number of nitrogens with one attached hydrogen (secondary N) is 2. The minimum Gasteiger partial charge on any atom is -0.469 e. The number of nitrogens with zero attached hydrogens (tertiary/aromatic N) is 1. The first-order valence-corrected chi connectivity index (χ1v) is 7.50. The lowest BCUT2D eigenvalue weighted by Gasteiger charge is -2.12. The first-order valence-electron chi connectivity index (χ1n) is 7.50. The molecule has 0 spiro atoms. The van der Waals surface area contributed by atoms with E-state index >= 15 is 0 Å². The van der Waals surface area contributed by atoms with Gasteiger partial charge in [-0.2, -0.15) is 0 Å². The van der Waals surface area contributed by atoms with Crippen LogP contribution in [0.4, 0.5) is 0 Å². The van der Waals surface area contributed by atoms with Gasteiger partial charge in [0.2, 0.25) is 0 Å². The van der Waals surface area contributed by atoms with Crippen LogP contribution in [0.5, 0.6) is 0 Å². The molecule has 112 valence electrons. The highest BCUT2D eigenvalue weighted by molar-refractivity contribution is 5.79. The second-order valence-electron chi connectivity index (χ2n) is 5.10. The van der Waals surface area contributed by atoms with Gasteiger partial charge in [0.1, 0.15) is 5.76 Å². The lowest BCUT2D eigenvalue weighted by Crippen LogP contribution is -2.39. The molecule has 0 saturated carbocycles. The summed E-state index contributed by atoms with van der Waals surface area (Å²) in [5.74, 6) is 2.46. The monoisotopic (exact) mass is 279 g/mol. The van der Waals surface area contributed by atoms with E-state index < -0.39 is 0 Å². The van der Waals surface area contributed by atoms with Crippen LogP contribution in [-0.2, 0) is 11.2 Å². The van der Waals surface area contributed by atoms with Crippen molar-refractivity contribution in [1.29, 1.82) is 0 Å². The average Bonchev–Trinajstić information content (AvgIpc) is 3.14. The molecule has 1 saturated heterocycles. The predicted molar refractivity (Wildman–Crippen MR) is 79.9 cm³/mol. The van der Waals surface area contributed by atoms with Crippen LogP contribution in [0.2, 0.25) is 0 Å². The van der Waals surface area contributed by atoms with E-state index in [4.69, 9.17) is 9.15 Å². The Morgan fingerprint density at radius 3 is 3.00 bits per heavy atom. The fourth-order valence-corrected chi connectivity index (χ4v) is 2.12. The molecule has 5 heteroatoms. The van der Waals surface area contributed by atoms with Crippen molar-refractivity contribution in [3.63, 3.8) is 0 Å². The molecule has 2 heterocycles. The van der Waals surface area contributed by atoms with Gasteiger partial charge in [0.25, 0.3) is 0 Å². The molecule has 2 N–H and O–H groups in total. The van der Waals surface area contributed by atoms with Crippen molar-refractivity contribution in [1.82, 2.24) is 10.6 Å². The van der Waals surface area contributed by atoms with Crippen molar-refractivity contribution in [2.75, 3.05) is 32.8 Å². The molecule has 1 atom stereocenters. The van der Waals surface area contributed by atoms with Gasteiger partial charge in [-0.25, -0.2) is 0 Å². The van der Waals surface area contributed by atoms with E-state index in [9.17, 15) is 0 Å². The maximum atomic E-state index is 5.38. The summed E-state index contributed by atoms with van der Waals surface area (Å²) >= 11 is 0. The highest BCUT2D eigenvalue weighted by Crippen LogP contribution is 2.11. The Labute approximate surface area is 120 Å². The van der Waals surface area contributed by atoms with Crippen LogP contribution in [0.15, 0.2) is 27.8 Å². The third-order valence-electron chi connectivity index (χ3n) is 3.32. The first kappa shape index (κ1) is 14.9. The number of ether oxygens (including phenoxy) is 1. The van der Waals surface area contributed by atoms with Crippen LogP contribution < -0.4 is 10.6 Å². The maximum absolute atomic E-state index is 5.38. The first-order chi connectivity index (χ1) is 9.88. The molecule has 0 aliphatic carbocycles. The van der Waals surface area contributed by atoms with Crippen molar-refractivity contribution >= 4 is 5.96 Å². The van der Waals surface area contributed by atoms with Gasteiger partial charge >= 0.3 is 0 Å². The average molecular weight is 279 g/mol. The van der Waals surface area contributed by atoms with E-state index in [1.807, 2.05) is 12.1 Å². The van der Waals surface area contributed by atoms with Gasteiger partial charge in [0.05, 0.1) is 12.9 Å². The van der Waals surface area contributed by atoms with Gasteiger partial charge in [-0.05, 0) is 25.0 Å². The molecule has 1 fully saturated rings. The molecule has 1 aromatic heterocycles. The molecule has 0 aromatic carbocycles. The summed E-state index contributed by atoms with van der Waals surface area (Å²) < 4.78 is 10.7. The van der Waals surface area contributed by atoms with Crippen LogP contribution in [-0.4, -0.2) is 38.8 Å². The number of rotatable bonds is 7. The molecule has 20 heavy (non-hydrogen) atoms. The minimum absolute atomic E-state index is 0.570. The smallest absolute Gasteiger partial charge is 0.191 e. The molecule has 5 nitrogen and oxygen atoms in total. The third kappa shape index (κ3) is 5.25. The molecule has 0 amide bonds. The van der Waals surface area contributed by atoms with E-state index in [1.165, 1.54) is 0 Å².